The molecule has 10 nitrogen and oxygen atoms in total. The molecule has 0 radical (unpaired) electrons. The molecule has 2 aromatic heterocycles. The molecule has 4 aromatic carbocycles. The average molecular weight is 1020 g/mol. The molecule has 0 bridgehead atoms. The number of hydrogen-bond donors (Lipinski definition) is 0. The summed E-state index contributed by atoms with van der Waals surface area (Å²) in [4.78, 5) is 34.9. The van der Waals surface area contributed by atoms with Gasteiger partial charge in [0.25, 0.3) is 0 Å². The standard InChI is InChI=1S/C27H30F3NO4S.C25H26F3NO4S/c1-8-33-24(32)26(6,7)35-21-14-13-20(15-16(21)2)34-25(4,5)22-17(3)31-23(36-22)18-9-11-19(12-10-18)27(28,29)30;1-6-31-23(30)24(4,5)33-20-12-11-19(13-15(20)2)32-16(3)21-14-29-22(34-21)17-7-9-18(10-8-17)25(26,27)28/h9-15H,8H2,1-7H3;7-14,16H,6H2,1-5H3. The maximum absolute atomic E-state index is 12.9. The Kier molecular flexibility index (Phi) is 17.1. The van der Waals surface area contributed by atoms with Crippen LogP contribution in [0.25, 0.3) is 21.1 Å². The fourth-order valence-corrected chi connectivity index (χ4v) is 8.76. The highest BCUT2D eigenvalue weighted by Gasteiger charge is 2.35. The van der Waals surface area contributed by atoms with Gasteiger partial charge in [-0.1, -0.05) is 24.3 Å². The van der Waals surface area contributed by atoms with Gasteiger partial charge in [0.1, 0.15) is 44.7 Å². The average Bonchev–Trinajstić information content (AvgIpc) is 3.94. The molecule has 1 atom stereocenters. The van der Waals surface area contributed by atoms with Crippen LogP contribution in [0.3, 0.4) is 0 Å². The number of rotatable bonds is 16. The Bertz CT molecular complexity index is 2740. The van der Waals surface area contributed by atoms with E-state index >= 15 is 0 Å². The van der Waals surface area contributed by atoms with Gasteiger partial charge in [-0.05, 0) is 155 Å². The number of carbonyl (C=O) groups is 2. The monoisotopic (exact) mass is 1010 g/mol. The van der Waals surface area contributed by atoms with E-state index in [1.54, 1.807) is 72.0 Å². The second-order valence-electron chi connectivity index (χ2n) is 17.5. The third-order valence-electron chi connectivity index (χ3n) is 10.4. The Labute approximate surface area is 411 Å². The quantitative estimate of drug-likeness (QED) is 0.0685. The molecule has 18 heteroatoms. The molecule has 376 valence electrons. The molecule has 6 rings (SSSR count). The van der Waals surface area contributed by atoms with E-state index in [1.165, 1.54) is 46.9 Å². The van der Waals surface area contributed by atoms with E-state index in [0.717, 1.165) is 50.8 Å². The summed E-state index contributed by atoms with van der Waals surface area (Å²) in [7, 11) is 0. The number of benzene rings is 4. The Morgan fingerprint density at radius 1 is 0.600 bits per heavy atom. The maximum atomic E-state index is 12.9. The van der Waals surface area contributed by atoms with Crippen molar-refractivity contribution in [2.75, 3.05) is 13.2 Å². The number of nitrogens with zero attached hydrogens (tertiary/aromatic N) is 2. The Morgan fingerprint density at radius 2 is 1.04 bits per heavy atom. The van der Waals surface area contributed by atoms with Crippen molar-refractivity contribution in [1.82, 2.24) is 9.97 Å². The molecule has 0 spiro atoms. The van der Waals surface area contributed by atoms with E-state index in [2.05, 4.69) is 9.97 Å². The second kappa shape index (κ2) is 21.9. The van der Waals surface area contributed by atoms with Gasteiger partial charge >= 0.3 is 24.3 Å². The van der Waals surface area contributed by atoms with Crippen LogP contribution in [0.4, 0.5) is 26.3 Å². The van der Waals surface area contributed by atoms with Gasteiger partial charge in [0.05, 0.1) is 39.8 Å². The van der Waals surface area contributed by atoms with Crippen molar-refractivity contribution in [3.63, 3.8) is 0 Å². The van der Waals surface area contributed by atoms with E-state index in [0.29, 0.717) is 44.1 Å². The van der Waals surface area contributed by atoms with Gasteiger partial charge in [0, 0.05) is 17.3 Å². The van der Waals surface area contributed by atoms with Gasteiger partial charge in [0.2, 0.25) is 0 Å². The van der Waals surface area contributed by atoms with Crippen molar-refractivity contribution >= 4 is 34.6 Å². The highest BCUT2D eigenvalue weighted by molar-refractivity contribution is 7.15. The predicted molar refractivity (Wildman–Crippen MR) is 258 cm³/mol. The summed E-state index contributed by atoms with van der Waals surface area (Å²) in [6.07, 6.45) is -7.43. The molecule has 0 saturated carbocycles. The molecule has 0 fully saturated rings. The number of halogens is 6. The third-order valence-corrected chi connectivity index (χ3v) is 13.1. The molecular weight excluding hydrogens is 959 g/mol. The predicted octanol–water partition coefficient (Wildman–Crippen LogP) is 14.5. The van der Waals surface area contributed by atoms with Gasteiger partial charge < -0.3 is 28.4 Å². The summed E-state index contributed by atoms with van der Waals surface area (Å²) in [5.74, 6) is 1.39. The summed E-state index contributed by atoms with van der Waals surface area (Å²) in [6.45, 7) is 21.9. The Balaban J connectivity index is 0.000000261. The van der Waals surface area contributed by atoms with Crippen LogP contribution in [0.5, 0.6) is 23.0 Å². The minimum absolute atomic E-state index is 0.268. The fraction of sp³-hybridized carbons (Fsp3) is 0.385. The number of ether oxygens (including phenoxy) is 6. The summed E-state index contributed by atoms with van der Waals surface area (Å²) in [5, 5.41) is 1.23. The number of carbonyl (C=O) groups excluding carboxylic acids is 2. The van der Waals surface area contributed by atoms with Gasteiger partial charge in [-0.3, -0.25) is 0 Å². The van der Waals surface area contributed by atoms with Crippen LogP contribution >= 0.6 is 22.7 Å². The number of hydrogen-bond acceptors (Lipinski definition) is 12. The number of aromatic nitrogens is 2. The first-order valence-corrected chi connectivity index (χ1v) is 23.8. The molecule has 0 N–H and O–H groups in total. The highest BCUT2D eigenvalue weighted by atomic mass is 32.1. The lowest BCUT2D eigenvalue weighted by Gasteiger charge is -2.27. The van der Waals surface area contributed by atoms with Gasteiger partial charge in [0.15, 0.2) is 11.2 Å². The van der Waals surface area contributed by atoms with Crippen LogP contribution in [-0.2, 0) is 37.0 Å². The zero-order valence-electron chi connectivity index (χ0n) is 40.9. The van der Waals surface area contributed by atoms with Crippen molar-refractivity contribution in [3.8, 4) is 44.1 Å². The highest BCUT2D eigenvalue weighted by Crippen LogP contribution is 2.40. The van der Waals surface area contributed by atoms with E-state index < -0.39 is 52.2 Å². The van der Waals surface area contributed by atoms with Crippen LogP contribution in [-0.4, -0.2) is 46.3 Å². The number of aryl methyl sites for hydroxylation is 3. The van der Waals surface area contributed by atoms with Gasteiger partial charge in [-0.2, -0.15) is 26.3 Å². The van der Waals surface area contributed by atoms with E-state index in [1.807, 2.05) is 53.7 Å². The Morgan fingerprint density at radius 3 is 1.49 bits per heavy atom. The number of esters is 2. The molecule has 70 heavy (non-hydrogen) atoms. The van der Waals surface area contributed by atoms with Crippen LogP contribution in [0, 0.1) is 20.8 Å². The minimum Gasteiger partial charge on any atom is -0.485 e. The first kappa shape index (κ1) is 54.8. The third kappa shape index (κ3) is 14.0. The molecule has 0 saturated heterocycles. The smallest absolute Gasteiger partial charge is 0.416 e. The summed E-state index contributed by atoms with van der Waals surface area (Å²) in [5.41, 5.74) is -0.889. The van der Waals surface area contributed by atoms with Crippen molar-refractivity contribution in [2.24, 2.45) is 0 Å². The lowest BCUT2D eigenvalue weighted by Crippen LogP contribution is -2.39. The van der Waals surface area contributed by atoms with E-state index in [9.17, 15) is 35.9 Å². The molecule has 1 unspecified atom stereocenters. The lowest BCUT2D eigenvalue weighted by atomic mass is 10.1. The molecule has 6 aromatic rings. The molecule has 0 aliphatic heterocycles. The first-order valence-electron chi connectivity index (χ1n) is 22.1. The summed E-state index contributed by atoms with van der Waals surface area (Å²) in [6, 6.07) is 20.5. The zero-order valence-corrected chi connectivity index (χ0v) is 42.5. The lowest BCUT2D eigenvalue weighted by molar-refractivity contribution is -0.159. The Hall–Kier alpha value is -6.14. The largest absolute Gasteiger partial charge is 0.485 e. The van der Waals surface area contributed by atoms with Crippen LogP contribution in [0.2, 0.25) is 0 Å². The minimum atomic E-state index is -4.38. The van der Waals surface area contributed by atoms with E-state index in [4.69, 9.17) is 28.4 Å². The van der Waals surface area contributed by atoms with E-state index in [-0.39, 0.29) is 19.3 Å². The summed E-state index contributed by atoms with van der Waals surface area (Å²) >= 11 is 2.74. The molecule has 0 aliphatic rings. The topological polar surface area (TPSA) is 115 Å². The zero-order chi connectivity index (χ0) is 52.0. The van der Waals surface area contributed by atoms with Gasteiger partial charge in [-0.25, -0.2) is 19.6 Å². The van der Waals surface area contributed by atoms with Gasteiger partial charge in [-0.15, -0.1) is 22.7 Å². The molecule has 0 amide bonds. The van der Waals surface area contributed by atoms with Crippen molar-refractivity contribution in [1.29, 1.82) is 0 Å². The summed E-state index contributed by atoms with van der Waals surface area (Å²) < 4.78 is 111. The molecular formula is C52H56F6N2O8S2. The number of thiazole rings is 2. The normalized spacial score (nSPS) is 12.6. The maximum Gasteiger partial charge on any atom is 0.416 e. The molecule has 2 heterocycles. The first-order chi connectivity index (χ1) is 32.5. The van der Waals surface area contributed by atoms with Crippen molar-refractivity contribution in [2.45, 2.75) is 118 Å². The molecule has 0 aliphatic carbocycles. The van der Waals surface area contributed by atoms with Crippen molar-refractivity contribution < 1.29 is 64.4 Å². The number of alkyl halides is 6. The fourth-order valence-electron chi connectivity index (χ4n) is 6.75. The van der Waals surface area contributed by atoms with Crippen molar-refractivity contribution in [3.05, 3.63) is 129 Å². The van der Waals surface area contributed by atoms with Crippen LogP contribution < -0.4 is 18.9 Å². The van der Waals surface area contributed by atoms with Crippen LogP contribution in [0.15, 0.2) is 91.1 Å². The van der Waals surface area contributed by atoms with Crippen LogP contribution in [0.1, 0.15) is 106 Å². The SMILES string of the molecule is CCOC(=O)C(C)(C)Oc1ccc(OC(C)(C)c2sc(-c3ccc(C(F)(F)F)cc3)nc2C)cc1C.CCOC(=O)C(C)(C)Oc1ccc(OC(C)c2cnc(-c3ccc(C(F)(F)F)cc3)s2)cc1C. The second-order valence-corrected chi connectivity index (χ2v) is 19.6.